The van der Waals surface area contributed by atoms with E-state index in [1.165, 1.54) is 12.1 Å². The molecule has 1 unspecified atom stereocenters. The third kappa shape index (κ3) is 2.94. The molecule has 5 rings (SSSR count). The van der Waals surface area contributed by atoms with Gasteiger partial charge < -0.3 is 9.88 Å². The van der Waals surface area contributed by atoms with E-state index in [0.717, 1.165) is 46.6 Å². The minimum absolute atomic E-state index is 0.104. The molecule has 1 aliphatic rings. The topological polar surface area (TPSA) is 55.6 Å². The van der Waals surface area contributed by atoms with E-state index >= 15 is 0 Å². The average Bonchev–Trinajstić information content (AvgIpc) is 3.36. The fourth-order valence-electron chi connectivity index (χ4n) is 3.36. The molecule has 2 aromatic heterocycles. The van der Waals surface area contributed by atoms with Gasteiger partial charge in [-0.2, -0.15) is 0 Å². The molecule has 0 spiro atoms. The molecule has 7 heteroatoms. The van der Waals surface area contributed by atoms with Crippen molar-refractivity contribution in [1.82, 2.24) is 25.1 Å². The van der Waals surface area contributed by atoms with Crippen molar-refractivity contribution in [3.63, 3.8) is 0 Å². The Morgan fingerprint density at radius 3 is 2.67 bits per heavy atom. The lowest BCUT2D eigenvalue weighted by Crippen LogP contribution is -2.34. The highest BCUT2D eigenvalue weighted by molar-refractivity contribution is 7.13. The zero-order chi connectivity index (χ0) is 18.2. The van der Waals surface area contributed by atoms with Crippen molar-refractivity contribution < 1.29 is 4.39 Å². The first-order chi connectivity index (χ1) is 13.3. The summed E-state index contributed by atoms with van der Waals surface area (Å²) < 4.78 is 15.4. The number of aromatic nitrogens is 4. The van der Waals surface area contributed by atoms with Gasteiger partial charge in [0.25, 0.3) is 0 Å². The summed E-state index contributed by atoms with van der Waals surface area (Å²) in [6.07, 6.45) is 0. The highest BCUT2D eigenvalue weighted by Gasteiger charge is 2.27. The quantitative estimate of drug-likeness (QED) is 0.588. The Labute approximate surface area is 159 Å². The van der Waals surface area contributed by atoms with Crippen LogP contribution >= 0.6 is 11.3 Å². The number of rotatable bonds is 3. The number of fused-ring (bicyclic) bond motifs is 1. The largest absolute Gasteiger partial charge is 0.307 e. The summed E-state index contributed by atoms with van der Waals surface area (Å²) in [6.45, 7) is 1.56. The molecule has 1 aliphatic heterocycles. The summed E-state index contributed by atoms with van der Waals surface area (Å²) in [6, 6.07) is 16.5. The fourth-order valence-corrected chi connectivity index (χ4v) is 4.17. The van der Waals surface area contributed by atoms with Gasteiger partial charge in [0.15, 0.2) is 11.6 Å². The second-order valence-corrected chi connectivity index (χ2v) is 7.23. The Hall–Kier alpha value is -2.90. The summed E-state index contributed by atoms with van der Waals surface area (Å²) in [5.74, 6) is 1.36. The smallest absolute Gasteiger partial charge is 0.183 e. The van der Waals surface area contributed by atoms with Crippen molar-refractivity contribution in [2.24, 2.45) is 0 Å². The molecule has 134 valence electrons. The van der Waals surface area contributed by atoms with Gasteiger partial charge in [-0.05, 0) is 17.7 Å². The summed E-state index contributed by atoms with van der Waals surface area (Å²) in [4.78, 5) is 4.77. The molecule has 0 bridgehead atoms. The molecule has 2 aromatic carbocycles. The number of thiazole rings is 1. The van der Waals surface area contributed by atoms with Crippen LogP contribution < -0.4 is 5.32 Å². The molecule has 0 saturated heterocycles. The number of hydrogen-bond donors (Lipinski definition) is 1. The predicted octanol–water partition coefficient (Wildman–Crippen LogP) is 3.90. The van der Waals surface area contributed by atoms with Crippen LogP contribution in [0.15, 0.2) is 60.0 Å². The fraction of sp³-hybridized carbons (Fsp3) is 0.150. The second kappa shape index (κ2) is 6.68. The number of benzene rings is 2. The van der Waals surface area contributed by atoms with E-state index in [2.05, 4.69) is 32.2 Å². The van der Waals surface area contributed by atoms with Gasteiger partial charge in [-0.3, -0.25) is 0 Å². The Kier molecular flexibility index (Phi) is 4.03. The van der Waals surface area contributed by atoms with Crippen LogP contribution in [0.5, 0.6) is 0 Å². The van der Waals surface area contributed by atoms with Crippen molar-refractivity contribution in [2.75, 3.05) is 6.54 Å². The highest BCUT2D eigenvalue weighted by Crippen LogP contribution is 2.31. The molecule has 1 atom stereocenters. The number of halogens is 1. The molecule has 0 saturated carbocycles. The molecule has 0 radical (unpaired) electrons. The first-order valence-electron chi connectivity index (χ1n) is 8.73. The zero-order valence-electron chi connectivity index (χ0n) is 14.3. The van der Waals surface area contributed by atoms with Gasteiger partial charge in [-0.25, -0.2) is 9.37 Å². The first kappa shape index (κ1) is 16.3. The SMILES string of the molecule is Fc1ccc(C2NCCn3c(-c4csc(-c5ccccc5)n4)nnc32)cc1. The van der Waals surface area contributed by atoms with Crippen LogP contribution in [0.25, 0.3) is 22.1 Å². The van der Waals surface area contributed by atoms with E-state index < -0.39 is 0 Å². The van der Waals surface area contributed by atoms with E-state index in [4.69, 9.17) is 4.98 Å². The minimum Gasteiger partial charge on any atom is -0.307 e. The van der Waals surface area contributed by atoms with Gasteiger partial charge in [-0.1, -0.05) is 42.5 Å². The van der Waals surface area contributed by atoms with E-state index in [1.54, 1.807) is 23.5 Å². The summed E-state index contributed by atoms with van der Waals surface area (Å²) in [5.41, 5.74) is 2.90. The standard InChI is InChI=1S/C20H16FN5S/c21-15-8-6-13(7-9-15)17-19-25-24-18(26(19)11-10-22-17)16-12-27-20(23-16)14-4-2-1-3-5-14/h1-9,12,17,22H,10-11H2. The zero-order valence-corrected chi connectivity index (χ0v) is 15.2. The van der Waals surface area contributed by atoms with Crippen LogP contribution in [-0.4, -0.2) is 26.3 Å². The third-order valence-electron chi connectivity index (χ3n) is 4.68. The summed E-state index contributed by atoms with van der Waals surface area (Å²) in [7, 11) is 0. The lowest BCUT2D eigenvalue weighted by atomic mass is 10.0. The first-order valence-corrected chi connectivity index (χ1v) is 9.61. The molecule has 0 aliphatic carbocycles. The molecule has 0 fully saturated rings. The van der Waals surface area contributed by atoms with Crippen LogP contribution in [0.3, 0.4) is 0 Å². The maximum Gasteiger partial charge on any atom is 0.183 e. The average molecular weight is 377 g/mol. The number of nitrogens with one attached hydrogen (secondary N) is 1. The molecule has 0 amide bonds. The third-order valence-corrected chi connectivity index (χ3v) is 5.57. The summed E-state index contributed by atoms with van der Waals surface area (Å²) >= 11 is 1.60. The molecule has 1 N–H and O–H groups in total. The molecule has 3 heterocycles. The van der Waals surface area contributed by atoms with Crippen molar-refractivity contribution in [3.05, 3.63) is 77.2 Å². The highest BCUT2D eigenvalue weighted by atomic mass is 32.1. The normalized spacial score (nSPS) is 16.3. The molecular weight excluding hydrogens is 361 g/mol. The summed E-state index contributed by atoms with van der Waals surface area (Å²) in [5, 5.41) is 15.3. The van der Waals surface area contributed by atoms with Crippen LogP contribution in [0.1, 0.15) is 17.4 Å². The monoisotopic (exact) mass is 377 g/mol. The number of nitrogens with zero attached hydrogens (tertiary/aromatic N) is 4. The predicted molar refractivity (Wildman–Crippen MR) is 103 cm³/mol. The van der Waals surface area contributed by atoms with E-state index in [-0.39, 0.29) is 11.9 Å². The lowest BCUT2D eigenvalue weighted by Gasteiger charge is -2.25. The Morgan fingerprint density at radius 2 is 1.85 bits per heavy atom. The van der Waals surface area contributed by atoms with E-state index in [1.807, 2.05) is 23.6 Å². The maximum atomic E-state index is 13.3. The Morgan fingerprint density at radius 1 is 1.04 bits per heavy atom. The van der Waals surface area contributed by atoms with Gasteiger partial charge in [0.05, 0.1) is 6.04 Å². The van der Waals surface area contributed by atoms with Gasteiger partial charge in [-0.15, -0.1) is 21.5 Å². The van der Waals surface area contributed by atoms with Crippen LogP contribution in [-0.2, 0) is 6.54 Å². The van der Waals surface area contributed by atoms with Crippen molar-refractivity contribution in [1.29, 1.82) is 0 Å². The number of hydrogen-bond acceptors (Lipinski definition) is 5. The van der Waals surface area contributed by atoms with E-state index in [0.29, 0.717) is 0 Å². The second-order valence-electron chi connectivity index (χ2n) is 6.38. The van der Waals surface area contributed by atoms with Crippen LogP contribution in [0, 0.1) is 5.82 Å². The Balaban J connectivity index is 1.51. The van der Waals surface area contributed by atoms with Crippen LogP contribution in [0.4, 0.5) is 4.39 Å². The van der Waals surface area contributed by atoms with Gasteiger partial charge in [0.2, 0.25) is 0 Å². The lowest BCUT2D eigenvalue weighted by molar-refractivity contribution is 0.457. The van der Waals surface area contributed by atoms with Crippen LogP contribution in [0.2, 0.25) is 0 Å². The maximum absolute atomic E-state index is 13.3. The molecule has 5 nitrogen and oxygen atoms in total. The Bertz CT molecular complexity index is 1070. The van der Waals surface area contributed by atoms with Gasteiger partial charge in [0, 0.05) is 24.0 Å². The minimum atomic E-state index is -0.243. The van der Waals surface area contributed by atoms with Crippen molar-refractivity contribution in [2.45, 2.75) is 12.6 Å². The van der Waals surface area contributed by atoms with Gasteiger partial charge >= 0.3 is 0 Å². The molecule has 4 aromatic rings. The van der Waals surface area contributed by atoms with Crippen molar-refractivity contribution >= 4 is 11.3 Å². The van der Waals surface area contributed by atoms with Crippen molar-refractivity contribution in [3.8, 4) is 22.1 Å². The molecular formula is C20H16FN5S. The van der Waals surface area contributed by atoms with Gasteiger partial charge in [0.1, 0.15) is 16.5 Å². The molecule has 27 heavy (non-hydrogen) atoms. The van der Waals surface area contributed by atoms with E-state index in [9.17, 15) is 4.39 Å².